The highest BCUT2D eigenvalue weighted by atomic mass is 16.5. The van der Waals surface area contributed by atoms with Gasteiger partial charge in [0.05, 0.1) is 6.10 Å². The van der Waals surface area contributed by atoms with Crippen molar-refractivity contribution < 1.29 is 9.84 Å². The molecular formula is C13H26O2. The smallest absolute Gasteiger partial charge is 0.0598 e. The van der Waals surface area contributed by atoms with Crippen LogP contribution in [0.4, 0.5) is 0 Å². The average molecular weight is 214 g/mol. The van der Waals surface area contributed by atoms with Crippen LogP contribution in [0.3, 0.4) is 0 Å². The van der Waals surface area contributed by atoms with E-state index in [1.54, 1.807) is 0 Å². The van der Waals surface area contributed by atoms with Crippen LogP contribution in [-0.4, -0.2) is 24.4 Å². The first kappa shape index (κ1) is 13.0. The molecule has 0 aromatic carbocycles. The summed E-state index contributed by atoms with van der Waals surface area (Å²) < 4.78 is 5.33. The molecule has 0 radical (unpaired) electrons. The maximum Gasteiger partial charge on any atom is 0.0598 e. The number of aliphatic hydroxyl groups is 1. The van der Waals surface area contributed by atoms with E-state index in [-0.39, 0.29) is 6.10 Å². The number of hydrogen-bond donors (Lipinski definition) is 1. The zero-order valence-corrected chi connectivity index (χ0v) is 10.2. The molecule has 1 saturated heterocycles. The van der Waals surface area contributed by atoms with Crippen LogP contribution in [0.1, 0.15) is 52.4 Å². The molecule has 0 amide bonds. The maximum atomic E-state index is 10.3. The van der Waals surface area contributed by atoms with E-state index in [9.17, 15) is 5.11 Å². The first-order valence-electron chi connectivity index (χ1n) is 6.55. The molecule has 1 rings (SSSR count). The second-order valence-electron chi connectivity index (χ2n) is 4.75. The third kappa shape index (κ3) is 4.12. The van der Waals surface area contributed by atoms with Gasteiger partial charge in [-0.1, -0.05) is 33.1 Å². The van der Waals surface area contributed by atoms with Crippen molar-refractivity contribution in [1.82, 2.24) is 0 Å². The normalized spacial score (nSPS) is 22.6. The minimum Gasteiger partial charge on any atom is -0.393 e. The number of ether oxygens (including phenoxy) is 1. The molecule has 0 spiro atoms. The SMILES string of the molecule is CCCCC(CC)C(O)C1CCOCC1. The molecule has 1 heterocycles. The Bertz CT molecular complexity index is 153. The summed E-state index contributed by atoms with van der Waals surface area (Å²) in [6.45, 7) is 6.09. The Morgan fingerprint density at radius 3 is 2.47 bits per heavy atom. The lowest BCUT2D eigenvalue weighted by molar-refractivity contribution is -0.0203. The molecule has 0 aromatic rings. The molecule has 1 N–H and O–H groups in total. The molecule has 0 aromatic heterocycles. The van der Waals surface area contributed by atoms with E-state index in [1.807, 2.05) is 0 Å². The van der Waals surface area contributed by atoms with E-state index in [2.05, 4.69) is 13.8 Å². The van der Waals surface area contributed by atoms with Gasteiger partial charge in [0, 0.05) is 13.2 Å². The molecule has 0 saturated carbocycles. The average Bonchev–Trinajstić information content (AvgIpc) is 2.31. The van der Waals surface area contributed by atoms with Crippen molar-refractivity contribution in [2.24, 2.45) is 11.8 Å². The van der Waals surface area contributed by atoms with E-state index in [0.29, 0.717) is 11.8 Å². The summed E-state index contributed by atoms with van der Waals surface area (Å²) >= 11 is 0. The van der Waals surface area contributed by atoms with Gasteiger partial charge in [-0.15, -0.1) is 0 Å². The van der Waals surface area contributed by atoms with Crippen molar-refractivity contribution in [2.45, 2.75) is 58.5 Å². The molecule has 15 heavy (non-hydrogen) atoms. The summed E-state index contributed by atoms with van der Waals surface area (Å²) in [4.78, 5) is 0. The number of hydrogen-bond acceptors (Lipinski definition) is 2. The minimum absolute atomic E-state index is 0.0922. The largest absolute Gasteiger partial charge is 0.393 e. The van der Waals surface area contributed by atoms with Crippen molar-refractivity contribution in [3.8, 4) is 0 Å². The number of aliphatic hydroxyl groups excluding tert-OH is 1. The van der Waals surface area contributed by atoms with E-state index >= 15 is 0 Å². The number of unbranched alkanes of at least 4 members (excludes halogenated alkanes) is 1. The Kier molecular flexibility index (Phi) is 6.26. The minimum atomic E-state index is -0.0922. The van der Waals surface area contributed by atoms with Crippen LogP contribution in [0.15, 0.2) is 0 Å². The van der Waals surface area contributed by atoms with Crippen molar-refractivity contribution in [3.63, 3.8) is 0 Å². The Balaban J connectivity index is 2.36. The van der Waals surface area contributed by atoms with E-state index in [0.717, 1.165) is 32.5 Å². The summed E-state index contributed by atoms with van der Waals surface area (Å²) in [5.74, 6) is 0.994. The molecule has 0 bridgehead atoms. The van der Waals surface area contributed by atoms with Gasteiger partial charge in [0.2, 0.25) is 0 Å². The van der Waals surface area contributed by atoms with E-state index < -0.39 is 0 Å². The van der Waals surface area contributed by atoms with Crippen LogP contribution >= 0.6 is 0 Å². The Hall–Kier alpha value is -0.0800. The third-order valence-corrected chi connectivity index (χ3v) is 3.68. The molecule has 1 aliphatic heterocycles. The van der Waals surface area contributed by atoms with E-state index in [1.165, 1.54) is 19.3 Å². The summed E-state index contributed by atoms with van der Waals surface area (Å²) in [6.07, 6.45) is 6.78. The van der Waals surface area contributed by atoms with Crippen LogP contribution < -0.4 is 0 Å². The molecule has 2 unspecified atom stereocenters. The molecule has 2 atom stereocenters. The highest BCUT2D eigenvalue weighted by molar-refractivity contribution is 4.77. The molecule has 2 heteroatoms. The summed E-state index contributed by atoms with van der Waals surface area (Å²) in [7, 11) is 0. The maximum absolute atomic E-state index is 10.3. The van der Waals surface area contributed by atoms with Gasteiger partial charge in [0.25, 0.3) is 0 Å². The Morgan fingerprint density at radius 1 is 1.27 bits per heavy atom. The van der Waals surface area contributed by atoms with Crippen LogP contribution in [0.25, 0.3) is 0 Å². The lowest BCUT2D eigenvalue weighted by atomic mass is 9.82. The fourth-order valence-electron chi connectivity index (χ4n) is 2.52. The fraction of sp³-hybridized carbons (Fsp3) is 1.00. The van der Waals surface area contributed by atoms with Gasteiger partial charge in [-0.3, -0.25) is 0 Å². The zero-order valence-electron chi connectivity index (χ0n) is 10.2. The predicted octanol–water partition coefficient (Wildman–Crippen LogP) is 2.99. The van der Waals surface area contributed by atoms with Crippen LogP contribution in [0, 0.1) is 11.8 Å². The second-order valence-corrected chi connectivity index (χ2v) is 4.75. The summed E-state index contributed by atoms with van der Waals surface area (Å²) in [5.41, 5.74) is 0. The molecule has 90 valence electrons. The highest BCUT2D eigenvalue weighted by Crippen LogP contribution is 2.28. The van der Waals surface area contributed by atoms with Gasteiger partial charge >= 0.3 is 0 Å². The van der Waals surface area contributed by atoms with Gasteiger partial charge in [0.1, 0.15) is 0 Å². The Morgan fingerprint density at radius 2 is 1.93 bits per heavy atom. The first-order valence-corrected chi connectivity index (χ1v) is 6.55. The van der Waals surface area contributed by atoms with Crippen molar-refractivity contribution in [1.29, 1.82) is 0 Å². The van der Waals surface area contributed by atoms with Crippen LogP contribution in [0.2, 0.25) is 0 Å². The quantitative estimate of drug-likeness (QED) is 0.736. The van der Waals surface area contributed by atoms with Gasteiger partial charge in [-0.2, -0.15) is 0 Å². The molecule has 2 nitrogen and oxygen atoms in total. The fourth-order valence-corrected chi connectivity index (χ4v) is 2.52. The van der Waals surface area contributed by atoms with Gasteiger partial charge in [-0.25, -0.2) is 0 Å². The lowest BCUT2D eigenvalue weighted by Gasteiger charge is -2.32. The second kappa shape index (κ2) is 7.24. The van der Waals surface area contributed by atoms with Gasteiger partial charge in [-0.05, 0) is 31.1 Å². The van der Waals surface area contributed by atoms with Crippen molar-refractivity contribution >= 4 is 0 Å². The van der Waals surface area contributed by atoms with E-state index in [4.69, 9.17) is 4.74 Å². The van der Waals surface area contributed by atoms with Crippen LogP contribution in [-0.2, 0) is 4.74 Å². The van der Waals surface area contributed by atoms with Crippen LogP contribution in [0.5, 0.6) is 0 Å². The Labute approximate surface area is 94.0 Å². The first-order chi connectivity index (χ1) is 7.29. The number of rotatable bonds is 6. The summed E-state index contributed by atoms with van der Waals surface area (Å²) in [6, 6.07) is 0. The molecular weight excluding hydrogens is 188 g/mol. The van der Waals surface area contributed by atoms with Crippen molar-refractivity contribution in [3.05, 3.63) is 0 Å². The lowest BCUT2D eigenvalue weighted by Crippen LogP contribution is -2.33. The summed E-state index contributed by atoms with van der Waals surface area (Å²) in [5, 5.41) is 10.3. The zero-order chi connectivity index (χ0) is 11.1. The molecule has 1 aliphatic rings. The van der Waals surface area contributed by atoms with Gasteiger partial charge < -0.3 is 9.84 Å². The standard InChI is InChI=1S/C13H26O2/c1-3-5-6-11(4-2)13(14)12-7-9-15-10-8-12/h11-14H,3-10H2,1-2H3. The van der Waals surface area contributed by atoms with Crippen molar-refractivity contribution in [2.75, 3.05) is 13.2 Å². The predicted molar refractivity (Wildman–Crippen MR) is 62.9 cm³/mol. The molecule has 0 aliphatic carbocycles. The topological polar surface area (TPSA) is 29.5 Å². The monoisotopic (exact) mass is 214 g/mol. The molecule has 1 fully saturated rings. The third-order valence-electron chi connectivity index (χ3n) is 3.68. The highest BCUT2D eigenvalue weighted by Gasteiger charge is 2.27. The van der Waals surface area contributed by atoms with Gasteiger partial charge in [0.15, 0.2) is 0 Å².